The molecular weight excluding hydrogens is 434 g/mol. The van der Waals surface area contributed by atoms with Crippen LogP contribution in [0, 0.1) is 0 Å². The van der Waals surface area contributed by atoms with Crippen molar-refractivity contribution >= 4 is 40.0 Å². The first kappa shape index (κ1) is 19.1. The lowest BCUT2D eigenvalue weighted by Gasteiger charge is -2.10. The summed E-state index contributed by atoms with van der Waals surface area (Å²) in [5.74, 6) is 2.06. The molecular formula is C23H21N9O2. The van der Waals surface area contributed by atoms with Crippen molar-refractivity contribution in [3.8, 4) is 11.3 Å². The van der Waals surface area contributed by atoms with Crippen LogP contribution in [0.1, 0.15) is 43.4 Å². The smallest absolute Gasteiger partial charge is 0.325 e. The van der Waals surface area contributed by atoms with E-state index in [2.05, 4.69) is 41.5 Å². The van der Waals surface area contributed by atoms with E-state index in [0.717, 1.165) is 53.7 Å². The van der Waals surface area contributed by atoms with Gasteiger partial charge in [-0.3, -0.25) is 9.72 Å². The van der Waals surface area contributed by atoms with Crippen LogP contribution in [0.5, 0.6) is 0 Å². The molecule has 0 saturated heterocycles. The van der Waals surface area contributed by atoms with Crippen LogP contribution in [0.25, 0.3) is 27.9 Å². The standard InChI is InChI=1S/C23H21N9O2/c24-20-19-14(10-32(13-3-4-13)22(19)27-11-26-20)16-6-5-15(21-25-7-8-31(16)21)28-23(33)29-18-9-17(34-30-18)12-1-2-12/h5-13H,1-4H2,(H2,24,26,27)(H2,28,29,30,33). The third-order valence-electron chi connectivity index (χ3n) is 6.40. The van der Waals surface area contributed by atoms with Gasteiger partial charge in [-0.15, -0.1) is 0 Å². The number of nitrogens with one attached hydrogen (secondary N) is 2. The van der Waals surface area contributed by atoms with Gasteiger partial charge in [-0.2, -0.15) is 0 Å². The Labute approximate surface area is 193 Å². The molecule has 0 spiro atoms. The SMILES string of the molecule is Nc1ncnc2c1c(-c1ccc(NC(=O)Nc3cc(C4CC4)on3)c3nccn13)cn2C1CC1. The summed E-state index contributed by atoms with van der Waals surface area (Å²) in [6.45, 7) is 0. The summed E-state index contributed by atoms with van der Waals surface area (Å²) in [6, 6.07) is 5.55. The number of aromatic nitrogens is 6. The van der Waals surface area contributed by atoms with E-state index in [9.17, 15) is 4.79 Å². The summed E-state index contributed by atoms with van der Waals surface area (Å²) in [5.41, 5.74) is 10.1. The minimum Gasteiger partial charge on any atom is -0.383 e. The normalized spacial score (nSPS) is 15.8. The number of nitrogens with zero attached hydrogens (tertiary/aromatic N) is 6. The molecule has 170 valence electrons. The second kappa shape index (κ2) is 7.04. The molecule has 4 N–H and O–H groups in total. The predicted molar refractivity (Wildman–Crippen MR) is 126 cm³/mol. The molecule has 11 nitrogen and oxygen atoms in total. The molecule has 34 heavy (non-hydrogen) atoms. The van der Waals surface area contributed by atoms with E-state index < -0.39 is 6.03 Å². The zero-order valence-corrected chi connectivity index (χ0v) is 18.1. The maximum atomic E-state index is 12.6. The number of rotatable bonds is 5. The molecule has 2 aliphatic rings. The molecule has 2 saturated carbocycles. The Balaban J connectivity index is 1.23. The highest BCUT2D eigenvalue weighted by Crippen LogP contribution is 2.42. The molecule has 5 aromatic heterocycles. The van der Waals surface area contributed by atoms with Gasteiger partial charge in [0, 0.05) is 42.2 Å². The molecule has 0 unspecified atom stereocenters. The summed E-state index contributed by atoms with van der Waals surface area (Å²) in [5, 5.41) is 10.3. The second-order valence-electron chi connectivity index (χ2n) is 8.86. The van der Waals surface area contributed by atoms with E-state index in [0.29, 0.717) is 34.9 Å². The average molecular weight is 455 g/mol. The molecule has 0 aliphatic heterocycles. The fourth-order valence-corrected chi connectivity index (χ4v) is 4.44. The summed E-state index contributed by atoms with van der Waals surface area (Å²) in [6.07, 6.45) is 11.6. The van der Waals surface area contributed by atoms with Crippen LogP contribution in [0.15, 0.2) is 47.6 Å². The van der Waals surface area contributed by atoms with E-state index in [1.807, 2.05) is 22.7 Å². The highest BCUT2D eigenvalue weighted by Gasteiger charge is 2.29. The monoisotopic (exact) mass is 455 g/mol. The zero-order valence-electron chi connectivity index (χ0n) is 18.1. The number of anilines is 3. The van der Waals surface area contributed by atoms with Gasteiger partial charge in [0.25, 0.3) is 0 Å². The Bertz CT molecular complexity index is 1570. The Morgan fingerprint density at radius 3 is 2.79 bits per heavy atom. The van der Waals surface area contributed by atoms with Crippen molar-refractivity contribution in [3.05, 3.63) is 48.9 Å². The molecule has 11 heteroatoms. The highest BCUT2D eigenvalue weighted by molar-refractivity contribution is 6.03. The van der Waals surface area contributed by atoms with Crippen LogP contribution >= 0.6 is 0 Å². The number of hydrogen-bond donors (Lipinski definition) is 3. The summed E-state index contributed by atoms with van der Waals surface area (Å²) in [4.78, 5) is 25.8. The number of pyridine rings is 1. The van der Waals surface area contributed by atoms with Gasteiger partial charge in [0.2, 0.25) is 0 Å². The quantitative estimate of drug-likeness (QED) is 0.361. The number of carbonyl (C=O) groups excluding carboxylic acids is 1. The Morgan fingerprint density at radius 2 is 1.97 bits per heavy atom. The second-order valence-corrected chi connectivity index (χ2v) is 8.86. The van der Waals surface area contributed by atoms with Crippen molar-refractivity contribution in [2.75, 3.05) is 16.4 Å². The molecule has 2 amide bonds. The van der Waals surface area contributed by atoms with Crippen molar-refractivity contribution in [1.82, 2.24) is 29.1 Å². The molecule has 5 heterocycles. The molecule has 0 bridgehead atoms. The number of hydrogen-bond acceptors (Lipinski definition) is 7. The van der Waals surface area contributed by atoms with Crippen LogP contribution in [0.4, 0.5) is 22.1 Å². The van der Waals surface area contributed by atoms with Gasteiger partial charge >= 0.3 is 6.03 Å². The summed E-state index contributed by atoms with van der Waals surface area (Å²) in [7, 11) is 0. The largest absolute Gasteiger partial charge is 0.383 e. The fraction of sp³-hybridized carbons (Fsp3) is 0.261. The summed E-state index contributed by atoms with van der Waals surface area (Å²) >= 11 is 0. The van der Waals surface area contributed by atoms with E-state index in [1.54, 1.807) is 12.3 Å². The summed E-state index contributed by atoms with van der Waals surface area (Å²) < 4.78 is 9.40. The molecule has 2 aliphatic carbocycles. The van der Waals surface area contributed by atoms with Gasteiger partial charge in [-0.25, -0.2) is 19.7 Å². The van der Waals surface area contributed by atoms with Gasteiger partial charge in [0.1, 0.15) is 23.6 Å². The van der Waals surface area contributed by atoms with Crippen molar-refractivity contribution in [2.24, 2.45) is 0 Å². The Kier molecular flexibility index (Phi) is 3.96. The Morgan fingerprint density at radius 1 is 1.09 bits per heavy atom. The van der Waals surface area contributed by atoms with Gasteiger partial charge in [-0.1, -0.05) is 5.16 Å². The number of urea groups is 1. The average Bonchev–Trinajstić information content (AvgIpc) is 3.72. The number of carbonyl (C=O) groups is 1. The maximum Gasteiger partial charge on any atom is 0.325 e. The topological polar surface area (TPSA) is 141 Å². The van der Waals surface area contributed by atoms with E-state index in [4.69, 9.17) is 10.3 Å². The molecule has 7 rings (SSSR count). The molecule has 0 atom stereocenters. The number of nitrogens with two attached hydrogens (primary N) is 1. The predicted octanol–water partition coefficient (Wildman–Crippen LogP) is 4.17. The molecule has 5 aromatic rings. The first-order valence-electron chi connectivity index (χ1n) is 11.3. The first-order valence-corrected chi connectivity index (χ1v) is 11.3. The first-order chi connectivity index (χ1) is 16.7. The van der Waals surface area contributed by atoms with Crippen molar-refractivity contribution < 1.29 is 9.32 Å². The van der Waals surface area contributed by atoms with E-state index in [1.165, 1.54) is 6.33 Å². The van der Waals surface area contributed by atoms with Crippen molar-refractivity contribution in [1.29, 1.82) is 0 Å². The van der Waals surface area contributed by atoms with Crippen LogP contribution in [-0.2, 0) is 0 Å². The lowest BCUT2D eigenvalue weighted by Crippen LogP contribution is -2.20. The lowest BCUT2D eigenvalue weighted by atomic mass is 10.1. The number of fused-ring (bicyclic) bond motifs is 2. The van der Waals surface area contributed by atoms with Crippen LogP contribution in [0.2, 0.25) is 0 Å². The number of nitrogen functional groups attached to an aromatic ring is 1. The molecule has 0 aromatic carbocycles. The van der Waals surface area contributed by atoms with E-state index in [-0.39, 0.29) is 0 Å². The third-order valence-corrected chi connectivity index (χ3v) is 6.40. The zero-order chi connectivity index (χ0) is 22.8. The van der Waals surface area contributed by atoms with Gasteiger partial charge in [-0.05, 0) is 37.8 Å². The van der Waals surface area contributed by atoms with Gasteiger partial charge in [0.15, 0.2) is 11.5 Å². The number of amides is 2. The van der Waals surface area contributed by atoms with Gasteiger partial charge < -0.3 is 20.1 Å². The van der Waals surface area contributed by atoms with Crippen molar-refractivity contribution in [3.63, 3.8) is 0 Å². The lowest BCUT2D eigenvalue weighted by molar-refractivity contribution is 0.262. The highest BCUT2D eigenvalue weighted by atomic mass is 16.5. The molecule has 2 fully saturated rings. The number of imidazole rings is 1. The van der Waals surface area contributed by atoms with Crippen molar-refractivity contribution in [2.45, 2.75) is 37.6 Å². The van der Waals surface area contributed by atoms with Crippen LogP contribution < -0.4 is 16.4 Å². The minimum atomic E-state index is -0.420. The third kappa shape index (κ3) is 3.08. The van der Waals surface area contributed by atoms with Crippen LogP contribution in [0.3, 0.4) is 0 Å². The van der Waals surface area contributed by atoms with E-state index >= 15 is 0 Å². The minimum absolute atomic E-state index is 0.388. The van der Waals surface area contributed by atoms with Crippen LogP contribution in [-0.4, -0.2) is 35.1 Å². The fourth-order valence-electron chi connectivity index (χ4n) is 4.44. The molecule has 0 radical (unpaired) electrons. The maximum absolute atomic E-state index is 12.6. The Hall–Kier alpha value is -4.41. The van der Waals surface area contributed by atoms with Gasteiger partial charge in [0.05, 0.1) is 16.8 Å².